The third kappa shape index (κ3) is 4.36. The second-order valence-corrected chi connectivity index (χ2v) is 6.74. The first-order valence-electron chi connectivity index (χ1n) is 8.02. The van der Waals surface area contributed by atoms with E-state index < -0.39 is 0 Å². The van der Waals surface area contributed by atoms with Crippen molar-refractivity contribution in [3.8, 4) is 0 Å². The van der Waals surface area contributed by atoms with Crippen LogP contribution in [0.25, 0.3) is 10.9 Å². The number of amides is 1. The number of nitrogens with zero attached hydrogens (tertiary/aromatic N) is 1. The van der Waals surface area contributed by atoms with Crippen LogP contribution in [-0.2, 0) is 4.79 Å². The summed E-state index contributed by atoms with van der Waals surface area (Å²) in [6.45, 7) is 2.77. The molecule has 4 heteroatoms. The molecule has 0 aliphatic heterocycles. The smallest absolute Gasteiger partial charge is 0.230 e. The fourth-order valence-electron chi connectivity index (χ4n) is 2.48. The molecule has 0 bridgehead atoms. The Bertz CT molecular complexity index is 820. The number of nitrogens with one attached hydrogen (secondary N) is 1. The number of hydrogen-bond donors (Lipinski definition) is 1. The van der Waals surface area contributed by atoms with Gasteiger partial charge in [0.1, 0.15) is 0 Å². The molecule has 1 aromatic heterocycles. The number of pyridine rings is 1. The van der Waals surface area contributed by atoms with E-state index >= 15 is 0 Å². The van der Waals surface area contributed by atoms with Crippen molar-refractivity contribution in [2.24, 2.45) is 0 Å². The minimum atomic E-state index is 0.0396. The molecule has 1 unspecified atom stereocenters. The predicted octanol–water partition coefficient (Wildman–Crippen LogP) is 4.25. The average molecular weight is 336 g/mol. The molecular weight excluding hydrogens is 316 g/mol. The van der Waals surface area contributed by atoms with Gasteiger partial charge in [0, 0.05) is 11.9 Å². The first kappa shape index (κ1) is 16.5. The van der Waals surface area contributed by atoms with Gasteiger partial charge < -0.3 is 5.32 Å². The number of carbonyl (C=O) groups excluding carboxylic acids is 1. The van der Waals surface area contributed by atoms with Crippen molar-refractivity contribution < 1.29 is 4.79 Å². The zero-order chi connectivity index (χ0) is 16.8. The van der Waals surface area contributed by atoms with Crippen molar-refractivity contribution in [3.05, 3.63) is 72.3 Å². The second kappa shape index (κ2) is 7.97. The van der Waals surface area contributed by atoms with Crippen LogP contribution in [-0.4, -0.2) is 23.2 Å². The highest BCUT2D eigenvalue weighted by Gasteiger charge is 2.08. The molecule has 1 N–H and O–H groups in total. The molecule has 0 fully saturated rings. The van der Waals surface area contributed by atoms with Gasteiger partial charge in [0.25, 0.3) is 0 Å². The summed E-state index contributed by atoms with van der Waals surface area (Å²) in [5.74, 6) is 0.726. The highest BCUT2D eigenvalue weighted by atomic mass is 32.2. The van der Waals surface area contributed by atoms with Gasteiger partial charge in [0.05, 0.1) is 16.3 Å². The molecule has 24 heavy (non-hydrogen) atoms. The van der Waals surface area contributed by atoms with Crippen molar-refractivity contribution in [2.75, 3.05) is 12.3 Å². The minimum absolute atomic E-state index is 0.0396. The molecule has 0 saturated heterocycles. The Morgan fingerprint density at radius 2 is 1.79 bits per heavy atom. The second-order valence-electron chi connectivity index (χ2n) is 5.75. The number of carbonyl (C=O) groups is 1. The van der Waals surface area contributed by atoms with Crippen LogP contribution < -0.4 is 5.32 Å². The lowest BCUT2D eigenvalue weighted by Gasteiger charge is -2.13. The lowest BCUT2D eigenvalue weighted by Crippen LogP contribution is -2.29. The molecule has 0 saturated carbocycles. The van der Waals surface area contributed by atoms with Gasteiger partial charge in [-0.1, -0.05) is 73.3 Å². The molecule has 0 aliphatic carbocycles. The van der Waals surface area contributed by atoms with Crippen LogP contribution in [0.3, 0.4) is 0 Å². The van der Waals surface area contributed by atoms with E-state index in [2.05, 4.69) is 29.4 Å². The Kier molecular flexibility index (Phi) is 5.49. The molecule has 0 aliphatic rings. The SMILES string of the molecule is CC(CNC(=O)CSc1ccc2ccccc2n1)c1ccccc1. The molecule has 122 valence electrons. The molecule has 1 atom stereocenters. The molecule has 0 spiro atoms. The lowest BCUT2D eigenvalue weighted by atomic mass is 10.0. The van der Waals surface area contributed by atoms with Gasteiger partial charge in [-0.05, 0) is 23.6 Å². The topological polar surface area (TPSA) is 42.0 Å². The third-order valence-electron chi connectivity index (χ3n) is 3.90. The maximum Gasteiger partial charge on any atom is 0.230 e. The van der Waals surface area contributed by atoms with E-state index in [4.69, 9.17) is 0 Å². The molecule has 3 nitrogen and oxygen atoms in total. The fraction of sp³-hybridized carbons (Fsp3) is 0.200. The predicted molar refractivity (Wildman–Crippen MR) is 100 cm³/mol. The number of aromatic nitrogens is 1. The van der Waals surface area contributed by atoms with Crippen LogP contribution in [0.1, 0.15) is 18.4 Å². The largest absolute Gasteiger partial charge is 0.355 e. The van der Waals surface area contributed by atoms with E-state index in [0.717, 1.165) is 15.9 Å². The summed E-state index contributed by atoms with van der Waals surface area (Å²) in [4.78, 5) is 16.6. The summed E-state index contributed by atoms with van der Waals surface area (Å²) in [6.07, 6.45) is 0. The van der Waals surface area contributed by atoms with Gasteiger partial charge in [0.15, 0.2) is 0 Å². The van der Waals surface area contributed by atoms with E-state index in [0.29, 0.717) is 18.2 Å². The van der Waals surface area contributed by atoms with Crippen LogP contribution >= 0.6 is 11.8 Å². The third-order valence-corrected chi connectivity index (χ3v) is 4.83. The van der Waals surface area contributed by atoms with Gasteiger partial charge >= 0.3 is 0 Å². The molecule has 0 radical (unpaired) electrons. The van der Waals surface area contributed by atoms with E-state index in [9.17, 15) is 4.79 Å². The van der Waals surface area contributed by atoms with Crippen LogP contribution in [0.4, 0.5) is 0 Å². The Labute approximate surface area is 146 Å². The zero-order valence-electron chi connectivity index (χ0n) is 13.6. The van der Waals surface area contributed by atoms with Gasteiger partial charge in [-0.3, -0.25) is 4.79 Å². The summed E-state index contributed by atoms with van der Waals surface area (Å²) >= 11 is 1.47. The van der Waals surface area contributed by atoms with Crippen molar-refractivity contribution >= 4 is 28.6 Å². The number of para-hydroxylation sites is 1. The van der Waals surface area contributed by atoms with Crippen molar-refractivity contribution in [1.29, 1.82) is 0 Å². The van der Waals surface area contributed by atoms with Crippen molar-refractivity contribution in [3.63, 3.8) is 0 Å². The van der Waals surface area contributed by atoms with Crippen molar-refractivity contribution in [1.82, 2.24) is 10.3 Å². The number of fused-ring (bicyclic) bond motifs is 1. The number of thioether (sulfide) groups is 1. The van der Waals surface area contributed by atoms with E-state index in [1.165, 1.54) is 17.3 Å². The standard InChI is InChI=1S/C20H20N2OS/c1-15(16-7-3-2-4-8-16)13-21-19(23)14-24-20-12-11-17-9-5-6-10-18(17)22-20/h2-12,15H,13-14H2,1H3,(H,21,23). The molecule has 1 heterocycles. The zero-order valence-corrected chi connectivity index (χ0v) is 14.4. The number of benzene rings is 2. The Hall–Kier alpha value is -2.33. The highest BCUT2D eigenvalue weighted by molar-refractivity contribution is 7.99. The average Bonchev–Trinajstić information content (AvgIpc) is 2.65. The molecule has 3 rings (SSSR count). The summed E-state index contributed by atoms with van der Waals surface area (Å²) in [5, 5.41) is 4.99. The summed E-state index contributed by atoms with van der Waals surface area (Å²) in [7, 11) is 0. The fourth-order valence-corrected chi connectivity index (χ4v) is 3.19. The normalized spacial score (nSPS) is 12.0. The lowest BCUT2D eigenvalue weighted by molar-refractivity contribution is -0.118. The van der Waals surface area contributed by atoms with Crippen LogP contribution in [0.15, 0.2) is 71.8 Å². The Morgan fingerprint density at radius 1 is 1.04 bits per heavy atom. The van der Waals surface area contributed by atoms with E-state index in [-0.39, 0.29) is 5.91 Å². The monoisotopic (exact) mass is 336 g/mol. The summed E-state index contributed by atoms with van der Waals surface area (Å²) < 4.78 is 0. The Balaban J connectivity index is 1.49. The van der Waals surface area contributed by atoms with Crippen LogP contribution in [0, 0.1) is 0 Å². The Morgan fingerprint density at radius 3 is 2.62 bits per heavy atom. The molecule has 1 amide bonds. The highest BCUT2D eigenvalue weighted by Crippen LogP contribution is 2.20. The van der Waals surface area contributed by atoms with Gasteiger partial charge in [-0.2, -0.15) is 0 Å². The number of hydrogen-bond acceptors (Lipinski definition) is 3. The van der Waals surface area contributed by atoms with E-state index in [1.807, 2.05) is 54.6 Å². The first-order chi connectivity index (χ1) is 11.7. The van der Waals surface area contributed by atoms with Crippen LogP contribution in [0.2, 0.25) is 0 Å². The molecule has 3 aromatic rings. The number of rotatable bonds is 6. The van der Waals surface area contributed by atoms with Gasteiger partial charge in [-0.25, -0.2) is 4.98 Å². The van der Waals surface area contributed by atoms with Gasteiger partial charge in [0.2, 0.25) is 5.91 Å². The van der Waals surface area contributed by atoms with Crippen molar-refractivity contribution in [2.45, 2.75) is 17.9 Å². The molecule has 2 aromatic carbocycles. The first-order valence-corrected chi connectivity index (χ1v) is 9.01. The van der Waals surface area contributed by atoms with E-state index in [1.54, 1.807) is 0 Å². The molecular formula is C20H20N2OS. The van der Waals surface area contributed by atoms with Gasteiger partial charge in [-0.15, -0.1) is 0 Å². The van der Waals surface area contributed by atoms with Crippen LogP contribution in [0.5, 0.6) is 0 Å². The summed E-state index contributed by atoms with van der Waals surface area (Å²) in [5.41, 5.74) is 2.20. The maximum atomic E-state index is 12.1. The maximum absolute atomic E-state index is 12.1. The minimum Gasteiger partial charge on any atom is -0.355 e. The summed E-state index contributed by atoms with van der Waals surface area (Å²) in [6, 6.07) is 22.2. The quantitative estimate of drug-likeness (QED) is 0.684.